The van der Waals surface area contributed by atoms with Gasteiger partial charge >= 0.3 is 12.3 Å². The maximum absolute atomic E-state index is 14.2. The lowest BCUT2D eigenvalue weighted by atomic mass is 9.68. The summed E-state index contributed by atoms with van der Waals surface area (Å²) < 4.78 is 64.2. The van der Waals surface area contributed by atoms with Crippen LogP contribution in [0.5, 0.6) is 5.75 Å². The van der Waals surface area contributed by atoms with Crippen LogP contribution in [-0.4, -0.2) is 48.7 Å². The summed E-state index contributed by atoms with van der Waals surface area (Å²) in [5.41, 5.74) is -1.25. The number of hydrogen-bond acceptors (Lipinski definition) is 4. The minimum Gasteiger partial charge on any atom is -0.490 e. The molecule has 0 bridgehead atoms. The van der Waals surface area contributed by atoms with Crippen LogP contribution in [-0.2, 0) is 15.7 Å². The summed E-state index contributed by atoms with van der Waals surface area (Å²) in [6.45, 7) is 1.34. The van der Waals surface area contributed by atoms with Gasteiger partial charge in [-0.1, -0.05) is 0 Å². The summed E-state index contributed by atoms with van der Waals surface area (Å²) in [6, 6.07) is 1.71. The number of nitrogens with one attached hydrogen (secondary N) is 1. The topological polar surface area (TPSA) is 67.9 Å². The van der Waals surface area contributed by atoms with Gasteiger partial charge in [-0.2, -0.15) is 13.2 Å². The number of amides is 2. The molecule has 6 nitrogen and oxygen atoms in total. The zero-order valence-corrected chi connectivity index (χ0v) is 16.6. The number of ether oxygens (including phenoxy) is 2. The summed E-state index contributed by atoms with van der Waals surface area (Å²) in [7, 11) is 0. The molecule has 0 radical (unpaired) electrons. The Bertz CT molecular complexity index is 919. The first kappa shape index (κ1) is 20.4. The summed E-state index contributed by atoms with van der Waals surface area (Å²) in [5, 5.41) is 2.75. The number of alkyl carbamates (subject to hydrolysis) is 1. The van der Waals surface area contributed by atoms with E-state index in [0.717, 1.165) is 0 Å². The molecule has 0 aromatic heterocycles. The van der Waals surface area contributed by atoms with E-state index in [0.29, 0.717) is 44.8 Å². The molecule has 1 spiro atoms. The molecule has 5 rings (SSSR count). The fourth-order valence-electron chi connectivity index (χ4n) is 4.75. The van der Waals surface area contributed by atoms with Gasteiger partial charge in [0.1, 0.15) is 6.61 Å². The van der Waals surface area contributed by atoms with Crippen molar-refractivity contribution in [2.75, 3.05) is 26.3 Å². The normalized spacial score (nSPS) is 28.1. The van der Waals surface area contributed by atoms with E-state index in [-0.39, 0.29) is 48.2 Å². The molecule has 10 heteroatoms. The molecule has 4 aliphatic rings. The van der Waals surface area contributed by atoms with Crippen LogP contribution in [0.4, 0.5) is 22.4 Å². The summed E-state index contributed by atoms with van der Waals surface area (Å²) >= 11 is 0. The molecule has 31 heavy (non-hydrogen) atoms. The lowest BCUT2D eigenvalue weighted by molar-refractivity contribution is -0.148. The van der Waals surface area contributed by atoms with Crippen molar-refractivity contribution >= 4 is 12.0 Å². The van der Waals surface area contributed by atoms with Crippen LogP contribution in [0.15, 0.2) is 12.1 Å². The third kappa shape index (κ3) is 3.80. The number of hydrogen-bond donors (Lipinski definition) is 1. The maximum atomic E-state index is 14.2. The second-order valence-electron chi connectivity index (χ2n) is 9.15. The zero-order valence-electron chi connectivity index (χ0n) is 16.6. The Morgan fingerprint density at radius 1 is 1.26 bits per heavy atom. The predicted octanol–water partition coefficient (Wildman–Crippen LogP) is 3.45. The van der Waals surface area contributed by atoms with Crippen LogP contribution in [0.2, 0.25) is 0 Å². The highest BCUT2D eigenvalue weighted by molar-refractivity contribution is 5.82. The van der Waals surface area contributed by atoms with Gasteiger partial charge in [-0.15, -0.1) is 0 Å². The van der Waals surface area contributed by atoms with Crippen LogP contribution in [0.1, 0.15) is 42.7 Å². The fraction of sp³-hybridized carbons (Fsp3) is 0.619. The van der Waals surface area contributed by atoms with Gasteiger partial charge in [-0.3, -0.25) is 4.79 Å². The minimum atomic E-state index is -4.60. The second-order valence-corrected chi connectivity index (χ2v) is 9.15. The standard InChI is InChI=1S/C21H22F4N2O4/c22-16-4-15(21(23,24)25)14(12-1-2-12)3-17(16)30-9-11-7-27(8-11)18(28)13-5-20(6-13)10-31-19(29)26-20/h3-4,11-13H,1-2,5-10H2,(H,26,29)/t13-,20+. The lowest BCUT2D eigenvalue weighted by Gasteiger charge is -2.47. The number of benzene rings is 1. The zero-order chi connectivity index (χ0) is 22.0. The van der Waals surface area contributed by atoms with Crippen molar-refractivity contribution < 1.29 is 36.6 Å². The van der Waals surface area contributed by atoms with Gasteiger partial charge in [0.2, 0.25) is 5.91 Å². The van der Waals surface area contributed by atoms with Crippen LogP contribution in [0, 0.1) is 17.7 Å². The lowest BCUT2D eigenvalue weighted by Crippen LogP contribution is -2.61. The molecule has 1 aromatic rings. The monoisotopic (exact) mass is 442 g/mol. The van der Waals surface area contributed by atoms with E-state index in [1.807, 2.05) is 0 Å². The smallest absolute Gasteiger partial charge is 0.416 e. The Morgan fingerprint density at radius 3 is 2.55 bits per heavy atom. The summed E-state index contributed by atoms with van der Waals surface area (Å²) in [4.78, 5) is 25.4. The molecule has 0 atom stereocenters. The van der Waals surface area contributed by atoms with Gasteiger partial charge < -0.3 is 19.7 Å². The number of carbonyl (C=O) groups is 2. The number of rotatable bonds is 5. The van der Waals surface area contributed by atoms with Crippen molar-refractivity contribution in [1.29, 1.82) is 0 Å². The molecular weight excluding hydrogens is 420 g/mol. The van der Waals surface area contributed by atoms with Crippen molar-refractivity contribution in [3.8, 4) is 5.75 Å². The van der Waals surface area contributed by atoms with E-state index >= 15 is 0 Å². The number of nitrogens with zero attached hydrogens (tertiary/aromatic N) is 1. The highest BCUT2D eigenvalue weighted by Crippen LogP contribution is 2.47. The van der Waals surface area contributed by atoms with E-state index in [4.69, 9.17) is 9.47 Å². The molecule has 4 fully saturated rings. The quantitative estimate of drug-likeness (QED) is 0.710. The third-order valence-electron chi connectivity index (χ3n) is 6.64. The predicted molar refractivity (Wildman–Crippen MR) is 98.9 cm³/mol. The van der Waals surface area contributed by atoms with Crippen molar-refractivity contribution in [3.05, 3.63) is 29.1 Å². The van der Waals surface area contributed by atoms with Crippen LogP contribution < -0.4 is 10.1 Å². The highest BCUT2D eigenvalue weighted by Gasteiger charge is 2.54. The highest BCUT2D eigenvalue weighted by atomic mass is 19.4. The van der Waals surface area contributed by atoms with Crippen molar-refractivity contribution in [1.82, 2.24) is 10.2 Å². The minimum absolute atomic E-state index is 0.00132. The third-order valence-corrected chi connectivity index (χ3v) is 6.64. The van der Waals surface area contributed by atoms with Gasteiger partial charge in [-0.25, -0.2) is 9.18 Å². The van der Waals surface area contributed by atoms with Crippen LogP contribution in [0.3, 0.4) is 0 Å². The van der Waals surface area contributed by atoms with Crippen molar-refractivity contribution in [2.45, 2.75) is 43.3 Å². The van der Waals surface area contributed by atoms with Crippen molar-refractivity contribution in [2.24, 2.45) is 11.8 Å². The Hall–Kier alpha value is -2.52. The number of alkyl halides is 3. The molecule has 2 aliphatic heterocycles. The Labute approximate surface area is 175 Å². The first-order valence-electron chi connectivity index (χ1n) is 10.4. The molecule has 2 heterocycles. The Kier molecular flexibility index (Phi) is 4.60. The van der Waals surface area contributed by atoms with E-state index in [9.17, 15) is 27.2 Å². The van der Waals surface area contributed by atoms with Gasteiger partial charge in [0.25, 0.3) is 0 Å². The SMILES string of the molecule is O=C1N[C@]2(CO1)C[C@H](C(=O)N1CC(COc3cc(C4CC4)c(C(F)(F)F)cc3F)C1)C2. The Morgan fingerprint density at radius 2 is 1.97 bits per heavy atom. The van der Waals surface area contributed by atoms with E-state index < -0.39 is 29.2 Å². The van der Waals surface area contributed by atoms with Gasteiger partial charge in [0.05, 0.1) is 17.7 Å². The molecule has 2 amide bonds. The summed E-state index contributed by atoms with van der Waals surface area (Å²) in [5.74, 6) is -1.53. The molecule has 1 aromatic carbocycles. The van der Waals surface area contributed by atoms with Gasteiger partial charge in [0, 0.05) is 24.9 Å². The Balaban J connectivity index is 1.13. The first-order valence-corrected chi connectivity index (χ1v) is 10.4. The number of cyclic esters (lactones) is 1. The average Bonchev–Trinajstić information content (AvgIpc) is 3.40. The molecule has 1 N–H and O–H groups in total. The first-order chi connectivity index (χ1) is 14.6. The average molecular weight is 442 g/mol. The molecule has 2 saturated heterocycles. The molecular formula is C21H22F4N2O4. The van der Waals surface area contributed by atoms with E-state index in [1.54, 1.807) is 4.90 Å². The fourth-order valence-corrected chi connectivity index (χ4v) is 4.75. The number of likely N-dealkylation sites (tertiary alicyclic amines) is 1. The second kappa shape index (κ2) is 7.00. The van der Waals surface area contributed by atoms with Gasteiger partial charge in [0.15, 0.2) is 11.6 Å². The molecule has 0 unspecified atom stereocenters. The molecule has 168 valence electrons. The van der Waals surface area contributed by atoms with E-state index in [2.05, 4.69) is 5.32 Å². The van der Waals surface area contributed by atoms with Gasteiger partial charge in [-0.05, 0) is 49.3 Å². The van der Waals surface area contributed by atoms with Crippen molar-refractivity contribution in [3.63, 3.8) is 0 Å². The van der Waals surface area contributed by atoms with Crippen LogP contribution in [0.25, 0.3) is 0 Å². The van der Waals surface area contributed by atoms with Crippen LogP contribution >= 0.6 is 0 Å². The number of carbonyl (C=O) groups excluding carboxylic acids is 2. The number of halogens is 4. The molecule has 2 aliphatic carbocycles. The largest absolute Gasteiger partial charge is 0.490 e. The molecule has 2 saturated carbocycles. The summed E-state index contributed by atoms with van der Waals surface area (Å²) in [6.07, 6.45) is -2.63. The van der Waals surface area contributed by atoms with E-state index in [1.165, 1.54) is 6.07 Å². The maximum Gasteiger partial charge on any atom is 0.416 e.